The number of thiophene rings is 1. The highest BCUT2D eigenvalue weighted by molar-refractivity contribution is 7.20. The number of rotatable bonds is 5. The molecule has 27 heavy (non-hydrogen) atoms. The van der Waals surface area contributed by atoms with Crippen molar-refractivity contribution in [3.63, 3.8) is 0 Å². The Hall–Kier alpha value is -2.38. The molecule has 6 nitrogen and oxygen atoms in total. The second kappa shape index (κ2) is 7.70. The van der Waals surface area contributed by atoms with Crippen LogP contribution in [-0.2, 0) is 4.79 Å². The standard InChI is InChI=1S/C19H21ClN4O2S/c1-11(2)21-17(25)10-23(4)18(26)16-9-13-12(3)22-24(19(13)27-16)15-8-6-5-7-14(15)20/h5-9,11H,10H2,1-4H3,(H,21,25). The van der Waals surface area contributed by atoms with Crippen LogP contribution in [0.1, 0.15) is 29.2 Å². The Balaban J connectivity index is 1.91. The van der Waals surface area contributed by atoms with Crippen LogP contribution >= 0.6 is 22.9 Å². The first-order valence-electron chi connectivity index (χ1n) is 8.56. The van der Waals surface area contributed by atoms with Crippen molar-refractivity contribution in [1.29, 1.82) is 0 Å². The lowest BCUT2D eigenvalue weighted by atomic mass is 10.3. The molecule has 3 aromatic rings. The Morgan fingerprint density at radius 3 is 2.70 bits per heavy atom. The number of likely N-dealkylation sites (N-methyl/N-ethyl adjacent to an activating group) is 1. The van der Waals surface area contributed by atoms with E-state index < -0.39 is 0 Å². The third-order valence-electron chi connectivity index (χ3n) is 4.01. The van der Waals surface area contributed by atoms with Crippen LogP contribution in [0.2, 0.25) is 5.02 Å². The second-order valence-electron chi connectivity index (χ2n) is 6.66. The van der Waals surface area contributed by atoms with E-state index in [1.54, 1.807) is 17.8 Å². The normalized spacial score (nSPS) is 11.2. The van der Waals surface area contributed by atoms with Crippen molar-refractivity contribution >= 4 is 45.0 Å². The molecule has 0 bridgehead atoms. The Morgan fingerprint density at radius 2 is 2.04 bits per heavy atom. The predicted octanol–water partition coefficient (Wildman–Crippen LogP) is 3.65. The Labute approximate surface area is 166 Å². The molecule has 2 amide bonds. The van der Waals surface area contributed by atoms with Crippen molar-refractivity contribution in [3.8, 4) is 5.69 Å². The summed E-state index contributed by atoms with van der Waals surface area (Å²) in [5.41, 5.74) is 1.59. The smallest absolute Gasteiger partial charge is 0.264 e. The van der Waals surface area contributed by atoms with Crippen molar-refractivity contribution < 1.29 is 9.59 Å². The van der Waals surface area contributed by atoms with Crippen LogP contribution in [0, 0.1) is 6.92 Å². The van der Waals surface area contributed by atoms with Crippen LogP contribution in [-0.4, -0.2) is 46.1 Å². The highest BCUT2D eigenvalue weighted by atomic mass is 35.5. The lowest BCUT2D eigenvalue weighted by Gasteiger charge is -2.17. The van der Waals surface area contributed by atoms with Gasteiger partial charge in [-0.05, 0) is 39.0 Å². The first-order chi connectivity index (χ1) is 12.8. The van der Waals surface area contributed by atoms with Crippen molar-refractivity contribution in [1.82, 2.24) is 20.0 Å². The molecule has 0 unspecified atom stereocenters. The van der Waals surface area contributed by atoms with Gasteiger partial charge in [0.15, 0.2) is 0 Å². The van der Waals surface area contributed by atoms with E-state index >= 15 is 0 Å². The van der Waals surface area contributed by atoms with Gasteiger partial charge in [-0.1, -0.05) is 23.7 Å². The molecular weight excluding hydrogens is 384 g/mol. The fraction of sp³-hybridized carbons (Fsp3) is 0.316. The minimum Gasteiger partial charge on any atom is -0.352 e. The number of nitrogens with zero attached hydrogens (tertiary/aromatic N) is 3. The zero-order valence-corrected chi connectivity index (χ0v) is 17.2. The minimum atomic E-state index is -0.194. The van der Waals surface area contributed by atoms with Crippen LogP contribution in [0.4, 0.5) is 0 Å². The highest BCUT2D eigenvalue weighted by Gasteiger charge is 2.21. The van der Waals surface area contributed by atoms with E-state index in [-0.39, 0.29) is 24.4 Å². The molecule has 0 aliphatic carbocycles. The molecule has 0 spiro atoms. The summed E-state index contributed by atoms with van der Waals surface area (Å²) in [7, 11) is 1.62. The van der Waals surface area contributed by atoms with Gasteiger partial charge in [-0.25, -0.2) is 4.68 Å². The fourth-order valence-electron chi connectivity index (χ4n) is 2.78. The number of amides is 2. The van der Waals surface area contributed by atoms with Gasteiger partial charge in [0.2, 0.25) is 5.91 Å². The summed E-state index contributed by atoms with van der Waals surface area (Å²) in [4.78, 5) is 27.5. The van der Waals surface area contributed by atoms with Gasteiger partial charge in [-0.15, -0.1) is 11.3 Å². The van der Waals surface area contributed by atoms with Crippen molar-refractivity contribution in [3.05, 3.63) is 45.9 Å². The molecule has 2 heterocycles. The summed E-state index contributed by atoms with van der Waals surface area (Å²) in [5.74, 6) is -0.374. The van der Waals surface area contributed by atoms with Crippen LogP contribution in [0.5, 0.6) is 0 Å². The fourth-order valence-corrected chi connectivity index (χ4v) is 4.17. The number of hydrogen-bond acceptors (Lipinski definition) is 4. The molecule has 0 atom stereocenters. The largest absolute Gasteiger partial charge is 0.352 e. The Morgan fingerprint density at radius 1 is 1.33 bits per heavy atom. The van der Waals surface area contributed by atoms with Gasteiger partial charge in [0.05, 0.1) is 27.8 Å². The van der Waals surface area contributed by atoms with Gasteiger partial charge >= 0.3 is 0 Å². The van der Waals surface area contributed by atoms with Crippen molar-refractivity contribution in [2.24, 2.45) is 0 Å². The summed E-state index contributed by atoms with van der Waals surface area (Å²) >= 11 is 7.66. The number of aromatic nitrogens is 2. The first-order valence-corrected chi connectivity index (χ1v) is 9.76. The number of carbonyl (C=O) groups is 2. The van der Waals surface area contributed by atoms with E-state index in [1.165, 1.54) is 16.2 Å². The molecule has 0 saturated heterocycles. The van der Waals surface area contributed by atoms with Gasteiger partial charge in [0, 0.05) is 18.5 Å². The molecule has 0 saturated carbocycles. The Bertz CT molecular complexity index is 1010. The summed E-state index contributed by atoms with van der Waals surface area (Å²) in [6.45, 7) is 5.68. The molecule has 2 aromatic heterocycles. The molecule has 1 N–H and O–H groups in total. The van der Waals surface area contributed by atoms with Crippen molar-refractivity contribution in [2.75, 3.05) is 13.6 Å². The summed E-state index contributed by atoms with van der Waals surface area (Å²) in [5, 5.41) is 8.84. The van der Waals surface area contributed by atoms with Gasteiger partial charge in [0.1, 0.15) is 4.83 Å². The molecule has 3 rings (SSSR count). The summed E-state index contributed by atoms with van der Waals surface area (Å²) in [6, 6.07) is 9.31. The molecule has 8 heteroatoms. The van der Waals surface area contributed by atoms with E-state index in [2.05, 4.69) is 10.4 Å². The lowest BCUT2D eigenvalue weighted by Crippen LogP contribution is -2.40. The molecule has 0 radical (unpaired) electrons. The minimum absolute atomic E-state index is 0.0148. The first kappa shape index (κ1) is 19.4. The quantitative estimate of drug-likeness (QED) is 0.705. The van der Waals surface area contributed by atoms with Crippen LogP contribution in [0.15, 0.2) is 30.3 Å². The lowest BCUT2D eigenvalue weighted by molar-refractivity contribution is -0.122. The van der Waals surface area contributed by atoms with Crippen LogP contribution in [0.3, 0.4) is 0 Å². The van der Waals surface area contributed by atoms with E-state index in [0.717, 1.165) is 21.6 Å². The molecule has 0 aliphatic heterocycles. The number of aryl methyl sites for hydroxylation is 1. The average molecular weight is 405 g/mol. The Kier molecular flexibility index (Phi) is 5.53. The van der Waals surface area contributed by atoms with E-state index in [0.29, 0.717) is 9.90 Å². The molecule has 142 valence electrons. The zero-order chi connectivity index (χ0) is 19.7. The molecular formula is C19H21ClN4O2S. The van der Waals surface area contributed by atoms with E-state index in [4.69, 9.17) is 11.6 Å². The number of carbonyl (C=O) groups excluding carboxylic acids is 2. The highest BCUT2D eigenvalue weighted by Crippen LogP contribution is 2.32. The van der Waals surface area contributed by atoms with Crippen LogP contribution < -0.4 is 5.32 Å². The number of halogens is 1. The van der Waals surface area contributed by atoms with E-state index in [9.17, 15) is 9.59 Å². The van der Waals surface area contributed by atoms with Gasteiger partial charge in [0.25, 0.3) is 5.91 Å². The monoisotopic (exact) mass is 404 g/mol. The maximum atomic E-state index is 12.8. The number of benzene rings is 1. The van der Waals surface area contributed by atoms with E-state index in [1.807, 2.05) is 45.0 Å². The zero-order valence-electron chi connectivity index (χ0n) is 15.6. The maximum absolute atomic E-state index is 12.8. The summed E-state index contributed by atoms with van der Waals surface area (Å²) < 4.78 is 1.76. The summed E-state index contributed by atoms with van der Waals surface area (Å²) in [6.07, 6.45) is 0. The predicted molar refractivity (Wildman–Crippen MR) is 109 cm³/mol. The van der Waals surface area contributed by atoms with Gasteiger partial charge in [-0.2, -0.15) is 5.10 Å². The van der Waals surface area contributed by atoms with Gasteiger partial charge < -0.3 is 10.2 Å². The van der Waals surface area contributed by atoms with Crippen molar-refractivity contribution in [2.45, 2.75) is 26.8 Å². The SMILES string of the molecule is Cc1nn(-c2ccccc2Cl)c2sc(C(=O)N(C)CC(=O)NC(C)C)cc12. The molecule has 0 fully saturated rings. The third kappa shape index (κ3) is 3.99. The molecule has 0 aliphatic rings. The third-order valence-corrected chi connectivity index (χ3v) is 5.43. The van der Waals surface area contributed by atoms with Crippen LogP contribution in [0.25, 0.3) is 15.9 Å². The number of para-hydroxylation sites is 1. The number of nitrogens with one attached hydrogen (secondary N) is 1. The maximum Gasteiger partial charge on any atom is 0.264 e. The average Bonchev–Trinajstić information content (AvgIpc) is 3.15. The molecule has 1 aromatic carbocycles. The number of hydrogen-bond donors (Lipinski definition) is 1. The number of fused-ring (bicyclic) bond motifs is 1. The topological polar surface area (TPSA) is 67.2 Å². The second-order valence-corrected chi connectivity index (χ2v) is 8.10. The van der Waals surface area contributed by atoms with Gasteiger partial charge in [-0.3, -0.25) is 9.59 Å².